The number of hydrogen-bond acceptors (Lipinski definition) is 4. The molecule has 5 heteroatoms. The zero-order valence-electron chi connectivity index (χ0n) is 12.3. The molecular weight excluding hydrogens is 273 g/mol. The van der Waals surface area contributed by atoms with Crippen LogP contribution in [-0.4, -0.2) is 18.9 Å². The number of ether oxygens (including phenoxy) is 3. The summed E-state index contributed by atoms with van der Waals surface area (Å²) in [6, 6.07) is 4.79. The van der Waals surface area contributed by atoms with Crippen LogP contribution in [0.25, 0.3) is 0 Å². The van der Waals surface area contributed by atoms with Crippen LogP contribution in [0.2, 0.25) is 0 Å². The number of rotatable bonds is 4. The molecule has 21 heavy (non-hydrogen) atoms. The van der Waals surface area contributed by atoms with Crippen LogP contribution < -0.4 is 10.1 Å². The average Bonchev–Trinajstić information content (AvgIpc) is 3.07. The fourth-order valence-corrected chi connectivity index (χ4v) is 2.66. The van der Waals surface area contributed by atoms with Gasteiger partial charge in [-0.15, -0.1) is 0 Å². The second-order valence-corrected chi connectivity index (χ2v) is 5.82. The molecule has 1 fully saturated rings. The summed E-state index contributed by atoms with van der Waals surface area (Å²) in [4.78, 5) is 0. The lowest BCUT2D eigenvalue weighted by molar-refractivity contribution is -0.119. The monoisotopic (exact) mass is 293 g/mol. The predicted octanol–water partition coefficient (Wildman–Crippen LogP) is 3.25. The molecule has 3 rings (SSSR count). The van der Waals surface area contributed by atoms with Gasteiger partial charge >= 0.3 is 0 Å². The first-order valence-corrected chi connectivity index (χ1v) is 7.25. The summed E-state index contributed by atoms with van der Waals surface area (Å²) in [6.07, 6.45) is 3.66. The summed E-state index contributed by atoms with van der Waals surface area (Å²) >= 11 is 0. The topological polar surface area (TPSA) is 39.7 Å². The van der Waals surface area contributed by atoms with E-state index in [-0.39, 0.29) is 18.5 Å². The van der Waals surface area contributed by atoms with Crippen molar-refractivity contribution in [2.24, 2.45) is 0 Å². The first-order valence-electron chi connectivity index (χ1n) is 7.25. The Bertz CT molecular complexity index is 550. The lowest BCUT2D eigenvalue weighted by atomic mass is 10.0. The number of nitrogens with one attached hydrogen (secondary N) is 1. The lowest BCUT2D eigenvalue weighted by Gasteiger charge is -2.19. The molecule has 2 aliphatic rings. The van der Waals surface area contributed by atoms with Gasteiger partial charge in [0.05, 0.1) is 0 Å². The Morgan fingerprint density at radius 1 is 1.43 bits per heavy atom. The molecule has 0 spiro atoms. The highest BCUT2D eigenvalue weighted by Crippen LogP contribution is 2.32. The van der Waals surface area contributed by atoms with E-state index >= 15 is 0 Å². The Balaban J connectivity index is 1.70. The molecule has 0 aromatic heterocycles. The maximum absolute atomic E-state index is 13.5. The summed E-state index contributed by atoms with van der Waals surface area (Å²) < 4.78 is 30.2. The molecule has 1 atom stereocenters. The highest BCUT2D eigenvalue weighted by atomic mass is 19.1. The smallest absolute Gasteiger partial charge is 0.244 e. The van der Waals surface area contributed by atoms with Crippen molar-refractivity contribution in [1.29, 1.82) is 0 Å². The van der Waals surface area contributed by atoms with E-state index in [2.05, 4.69) is 5.32 Å². The third-order valence-corrected chi connectivity index (χ3v) is 3.63. The molecule has 2 heterocycles. The van der Waals surface area contributed by atoms with E-state index in [9.17, 15) is 4.39 Å². The normalized spacial score (nSPS) is 23.4. The van der Waals surface area contributed by atoms with Gasteiger partial charge in [-0.2, -0.15) is 0 Å². The Labute approximate surface area is 123 Å². The summed E-state index contributed by atoms with van der Waals surface area (Å²) in [5.74, 6) is 0.434. The van der Waals surface area contributed by atoms with Gasteiger partial charge in [-0.05, 0) is 37.6 Å². The van der Waals surface area contributed by atoms with Crippen molar-refractivity contribution in [1.82, 2.24) is 5.32 Å². The summed E-state index contributed by atoms with van der Waals surface area (Å²) in [7, 11) is 0. The maximum Gasteiger partial charge on any atom is 0.244 e. The van der Waals surface area contributed by atoms with Crippen LogP contribution in [-0.2, 0) is 9.47 Å². The van der Waals surface area contributed by atoms with Gasteiger partial charge in [-0.1, -0.05) is 0 Å². The predicted molar refractivity (Wildman–Crippen MR) is 76.2 cm³/mol. The van der Waals surface area contributed by atoms with Crippen LogP contribution in [0.3, 0.4) is 0 Å². The number of benzene rings is 1. The molecule has 0 unspecified atom stereocenters. The minimum absolute atomic E-state index is 0.155. The second-order valence-electron chi connectivity index (χ2n) is 5.82. The van der Waals surface area contributed by atoms with Crippen molar-refractivity contribution in [3.8, 4) is 5.75 Å². The minimum atomic E-state index is -0.642. The van der Waals surface area contributed by atoms with Crippen molar-refractivity contribution in [2.75, 3.05) is 13.2 Å². The number of halogens is 1. The van der Waals surface area contributed by atoms with Crippen molar-refractivity contribution in [2.45, 2.75) is 38.5 Å². The average molecular weight is 293 g/mol. The minimum Gasteiger partial charge on any atom is -0.485 e. The van der Waals surface area contributed by atoms with Gasteiger partial charge in [0.1, 0.15) is 24.4 Å². The van der Waals surface area contributed by atoms with Crippen LogP contribution in [0.5, 0.6) is 5.75 Å². The molecule has 1 aromatic rings. The molecular formula is C16H20FNO3. The van der Waals surface area contributed by atoms with E-state index in [1.165, 1.54) is 6.07 Å². The molecule has 0 amide bonds. The van der Waals surface area contributed by atoms with Crippen LogP contribution in [0.4, 0.5) is 4.39 Å². The fraction of sp³-hybridized carbons (Fsp3) is 0.500. The maximum atomic E-state index is 13.5. The molecule has 4 nitrogen and oxygen atoms in total. The second kappa shape index (κ2) is 5.56. The Morgan fingerprint density at radius 3 is 2.95 bits per heavy atom. The van der Waals surface area contributed by atoms with Crippen LogP contribution in [0, 0.1) is 5.82 Å². The zero-order valence-corrected chi connectivity index (χ0v) is 12.3. The third-order valence-electron chi connectivity index (χ3n) is 3.63. The fourth-order valence-electron chi connectivity index (χ4n) is 2.66. The van der Waals surface area contributed by atoms with Gasteiger partial charge < -0.3 is 19.5 Å². The molecule has 0 saturated carbocycles. The van der Waals surface area contributed by atoms with Crippen molar-refractivity contribution >= 4 is 0 Å². The molecule has 0 aliphatic carbocycles. The van der Waals surface area contributed by atoms with Crippen LogP contribution >= 0.6 is 0 Å². The van der Waals surface area contributed by atoms with Crippen molar-refractivity contribution in [3.63, 3.8) is 0 Å². The van der Waals surface area contributed by atoms with E-state index < -0.39 is 5.79 Å². The molecule has 0 bridgehead atoms. The largest absolute Gasteiger partial charge is 0.485 e. The summed E-state index contributed by atoms with van der Waals surface area (Å²) in [5.41, 5.74) is 0.867. The highest BCUT2D eigenvalue weighted by Gasteiger charge is 2.28. The molecule has 1 saturated heterocycles. The first-order chi connectivity index (χ1) is 10.0. The Morgan fingerprint density at radius 2 is 2.29 bits per heavy atom. The standard InChI is InChI=1S/C16H20FNO3/c1-16(2)20-10-12(21-16)9-19-15-6-5-11(17)8-13(15)14-4-3-7-18-14/h5-6,8,10,14,18H,3-4,7,9H2,1-2H3/t14-/m1/s1. The summed E-state index contributed by atoms with van der Waals surface area (Å²) in [5, 5.41) is 3.36. The van der Waals surface area contributed by atoms with E-state index in [4.69, 9.17) is 14.2 Å². The van der Waals surface area contributed by atoms with Crippen LogP contribution in [0.1, 0.15) is 38.3 Å². The van der Waals surface area contributed by atoms with Gasteiger partial charge in [0.2, 0.25) is 5.79 Å². The SMILES string of the molecule is CC1(C)OC=C(COc2ccc(F)cc2[C@H]2CCCN2)O1. The lowest BCUT2D eigenvalue weighted by Crippen LogP contribution is -2.21. The van der Waals surface area contributed by atoms with Crippen molar-refractivity contribution < 1.29 is 18.6 Å². The van der Waals surface area contributed by atoms with Gasteiger partial charge in [-0.25, -0.2) is 4.39 Å². The van der Waals surface area contributed by atoms with Gasteiger partial charge in [0, 0.05) is 25.5 Å². The van der Waals surface area contributed by atoms with Crippen molar-refractivity contribution in [3.05, 3.63) is 41.6 Å². The molecule has 1 N–H and O–H groups in total. The van der Waals surface area contributed by atoms with E-state index in [0.717, 1.165) is 24.9 Å². The Kier molecular flexibility index (Phi) is 3.76. The quantitative estimate of drug-likeness (QED) is 0.925. The van der Waals surface area contributed by atoms with E-state index in [1.807, 2.05) is 13.8 Å². The van der Waals surface area contributed by atoms with Gasteiger partial charge in [-0.3, -0.25) is 0 Å². The number of hydrogen-bond donors (Lipinski definition) is 1. The molecule has 2 aliphatic heterocycles. The molecule has 1 aromatic carbocycles. The molecule has 114 valence electrons. The van der Waals surface area contributed by atoms with Gasteiger partial charge in [0.25, 0.3) is 0 Å². The Hall–Kier alpha value is -1.75. The van der Waals surface area contributed by atoms with E-state index in [1.54, 1.807) is 18.4 Å². The third kappa shape index (κ3) is 3.29. The van der Waals surface area contributed by atoms with E-state index in [0.29, 0.717) is 11.5 Å². The van der Waals surface area contributed by atoms with Gasteiger partial charge in [0.15, 0.2) is 5.76 Å². The molecule has 0 radical (unpaired) electrons. The summed E-state index contributed by atoms with van der Waals surface area (Å²) in [6.45, 7) is 4.90. The zero-order chi connectivity index (χ0) is 14.9. The first kappa shape index (κ1) is 14.2. The van der Waals surface area contributed by atoms with Crippen LogP contribution in [0.15, 0.2) is 30.2 Å². The highest BCUT2D eigenvalue weighted by molar-refractivity contribution is 5.37.